The highest BCUT2D eigenvalue weighted by Crippen LogP contribution is 2.41. The van der Waals surface area contributed by atoms with Crippen molar-refractivity contribution in [3.8, 4) is 0 Å². The smallest absolute Gasteiger partial charge is 0.353 e. The molecule has 0 atom stereocenters. The maximum atomic E-state index is 13.1. The fourth-order valence-corrected chi connectivity index (χ4v) is 5.02. The van der Waals surface area contributed by atoms with Crippen LogP contribution >= 0.6 is 11.8 Å². The van der Waals surface area contributed by atoms with Gasteiger partial charge in [0.2, 0.25) is 0 Å². The largest absolute Gasteiger partial charge is 0.416 e. The van der Waals surface area contributed by atoms with Gasteiger partial charge in [0.15, 0.2) is 0 Å². The van der Waals surface area contributed by atoms with E-state index in [9.17, 15) is 18.0 Å². The van der Waals surface area contributed by atoms with Gasteiger partial charge in [-0.2, -0.15) is 13.2 Å². The molecule has 0 saturated heterocycles. The molecule has 0 radical (unpaired) electrons. The predicted octanol–water partition coefficient (Wildman–Crippen LogP) is 7.26. The fraction of sp³-hybridized carbons (Fsp3) is 0.143. The molecule has 2 aliphatic heterocycles. The van der Waals surface area contributed by atoms with E-state index in [1.54, 1.807) is 30.1 Å². The van der Waals surface area contributed by atoms with Crippen LogP contribution in [0.4, 0.5) is 30.2 Å². The number of fused-ring (bicyclic) bond motifs is 1. The molecule has 3 aromatic rings. The Morgan fingerprint density at radius 2 is 1.86 bits per heavy atom. The summed E-state index contributed by atoms with van der Waals surface area (Å²) in [5, 5.41) is 6.03. The van der Waals surface area contributed by atoms with Crippen LogP contribution in [0.25, 0.3) is 0 Å². The van der Waals surface area contributed by atoms with Gasteiger partial charge in [-0.15, -0.1) is 11.8 Å². The van der Waals surface area contributed by atoms with Crippen LogP contribution in [0.5, 0.6) is 0 Å². The van der Waals surface area contributed by atoms with Gasteiger partial charge in [0.1, 0.15) is 0 Å². The molecule has 0 bridgehead atoms. The molecule has 2 N–H and O–H groups in total. The Bertz CT molecular complexity index is 1460. The number of hydrogen-bond donors (Lipinski definition) is 2. The molecule has 5 nitrogen and oxygen atoms in total. The zero-order valence-electron chi connectivity index (χ0n) is 20.1. The van der Waals surface area contributed by atoms with E-state index in [1.165, 1.54) is 12.1 Å². The van der Waals surface area contributed by atoms with E-state index in [0.29, 0.717) is 5.56 Å². The van der Waals surface area contributed by atoms with Crippen LogP contribution in [0.15, 0.2) is 95.4 Å². The number of carbonyl (C=O) groups is 1. The van der Waals surface area contributed by atoms with Crippen LogP contribution in [0.1, 0.15) is 27.2 Å². The van der Waals surface area contributed by atoms with Crippen LogP contribution in [0, 0.1) is 13.8 Å². The minimum absolute atomic E-state index is 0.0808. The normalized spacial score (nSPS) is 14.9. The van der Waals surface area contributed by atoms with Crippen molar-refractivity contribution in [3.05, 3.63) is 118 Å². The highest BCUT2D eigenvalue weighted by Gasteiger charge is 2.30. The highest BCUT2D eigenvalue weighted by atomic mass is 32.2. The van der Waals surface area contributed by atoms with Gasteiger partial charge in [-0.3, -0.25) is 9.78 Å². The Hall–Kier alpha value is -3.98. The van der Waals surface area contributed by atoms with Gasteiger partial charge in [0.25, 0.3) is 5.91 Å². The van der Waals surface area contributed by atoms with Crippen LogP contribution in [-0.2, 0) is 6.18 Å². The average molecular weight is 521 g/mol. The van der Waals surface area contributed by atoms with Crippen molar-refractivity contribution in [2.24, 2.45) is 0 Å². The first-order valence-corrected chi connectivity index (χ1v) is 12.5. The average Bonchev–Trinajstić information content (AvgIpc) is 3.34. The summed E-state index contributed by atoms with van der Waals surface area (Å²) in [6, 6.07) is 13.7. The van der Waals surface area contributed by atoms with E-state index < -0.39 is 17.6 Å². The number of hydrogen-bond acceptors (Lipinski definition) is 5. The minimum Gasteiger partial charge on any atom is -0.353 e. The van der Waals surface area contributed by atoms with Gasteiger partial charge >= 0.3 is 6.18 Å². The number of anilines is 3. The molecule has 0 unspecified atom stereocenters. The van der Waals surface area contributed by atoms with Gasteiger partial charge in [0.05, 0.1) is 23.1 Å². The molecule has 9 heteroatoms. The maximum absolute atomic E-state index is 13.1. The molecule has 0 spiro atoms. The van der Waals surface area contributed by atoms with Crippen molar-refractivity contribution in [2.45, 2.75) is 20.0 Å². The number of aryl methyl sites for hydroxylation is 2. The van der Waals surface area contributed by atoms with Crippen molar-refractivity contribution < 1.29 is 18.0 Å². The molecule has 1 amide bonds. The summed E-state index contributed by atoms with van der Waals surface area (Å²) in [7, 11) is 0. The lowest BCUT2D eigenvalue weighted by atomic mass is 10.1. The van der Waals surface area contributed by atoms with Crippen LogP contribution in [0.3, 0.4) is 0 Å². The van der Waals surface area contributed by atoms with Crippen molar-refractivity contribution in [1.29, 1.82) is 0 Å². The third kappa shape index (κ3) is 5.41. The van der Waals surface area contributed by atoms with Gasteiger partial charge in [-0.05, 0) is 61.9 Å². The monoisotopic (exact) mass is 520 g/mol. The number of thioether (sulfide) groups is 1. The van der Waals surface area contributed by atoms with E-state index in [-0.39, 0.29) is 5.69 Å². The standard InChI is InChI=1S/C28H23F3N4OS/c1-17-6-8-19(27(36)34-21-5-3-4-20(13-21)28(29,30)31)12-25(17)35-15-24(23-10-11-37-26(23)16-35)33-22-9-7-18(2)32-14-22/h3-10,12-16,33H,11H2,1-2H3,(H,34,36). The Morgan fingerprint density at radius 3 is 2.62 bits per heavy atom. The maximum Gasteiger partial charge on any atom is 0.416 e. The van der Waals surface area contributed by atoms with Gasteiger partial charge < -0.3 is 15.5 Å². The summed E-state index contributed by atoms with van der Waals surface area (Å²) < 4.78 is 39.2. The first-order chi connectivity index (χ1) is 17.7. The first-order valence-electron chi connectivity index (χ1n) is 11.5. The number of benzene rings is 2. The van der Waals surface area contributed by atoms with E-state index in [2.05, 4.69) is 21.7 Å². The second kappa shape index (κ2) is 9.82. The Morgan fingerprint density at radius 1 is 1.03 bits per heavy atom. The van der Waals surface area contributed by atoms with Crippen LogP contribution in [-0.4, -0.2) is 16.6 Å². The number of carbonyl (C=O) groups excluding carboxylic acids is 1. The van der Waals surface area contributed by atoms with Gasteiger partial charge in [-0.1, -0.05) is 18.2 Å². The Balaban J connectivity index is 1.43. The lowest BCUT2D eigenvalue weighted by Gasteiger charge is -2.27. The Labute approximate surface area is 216 Å². The van der Waals surface area contributed by atoms with Gasteiger partial charge in [-0.25, -0.2) is 0 Å². The fourth-order valence-electron chi connectivity index (χ4n) is 4.06. The summed E-state index contributed by atoms with van der Waals surface area (Å²) in [5.41, 5.74) is 5.14. The van der Waals surface area contributed by atoms with Crippen molar-refractivity contribution in [3.63, 3.8) is 0 Å². The van der Waals surface area contributed by atoms with E-state index in [4.69, 9.17) is 0 Å². The summed E-state index contributed by atoms with van der Waals surface area (Å²) in [4.78, 5) is 20.4. The summed E-state index contributed by atoms with van der Waals surface area (Å²) in [6.07, 6.45) is 3.46. The molecule has 3 heterocycles. The summed E-state index contributed by atoms with van der Waals surface area (Å²) in [6.45, 7) is 3.88. The summed E-state index contributed by atoms with van der Waals surface area (Å²) >= 11 is 1.72. The zero-order valence-corrected chi connectivity index (χ0v) is 20.9. The molecular weight excluding hydrogens is 497 g/mol. The van der Waals surface area contributed by atoms with Gasteiger partial charge in [0, 0.05) is 51.3 Å². The zero-order chi connectivity index (χ0) is 26.2. The number of allylic oxidation sites excluding steroid dienone is 1. The molecular formula is C28H23F3N4OS. The Kier molecular flexibility index (Phi) is 6.55. The molecule has 0 fully saturated rings. The number of amides is 1. The second-order valence-corrected chi connectivity index (χ2v) is 9.78. The van der Waals surface area contributed by atoms with Crippen molar-refractivity contribution >= 4 is 34.7 Å². The lowest BCUT2D eigenvalue weighted by molar-refractivity contribution is -0.137. The number of nitrogens with one attached hydrogen (secondary N) is 2. The number of pyridine rings is 1. The summed E-state index contributed by atoms with van der Waals surface area (Å²) in [5.74, 6) is 0.368. The molecule has 188 valence electrons. The molecule has 0 saturated carbocycles. The number of aromatic nitrogens is 1. The van der Waals surface area contributed by atoms with E-state index in [0.717, 1.165) is 56.7 Å². The molecule has 2 aliphatic rings. The SMILES string of the molecule is Cc1ccc(NC2=CN(c3cc(C(=O)Nc4cccc(C(F)(F)F)c4)ccc3C)C=C3SCC=C23)cn1. The number of halogens is 3. The van der Waals surface area contributed by atoms with E-state index >= 15 is 0 Å². The van der Waals surface area contributed by atoms with Crippen molar-refractivity contribution in [2.75, 3.05) is 21.3 Å². The number of rotatable bonds is 5. The lowest BCUT2D eigenvalue weighted by Crippen LogP contribution is -2.20. The molecule has 1 aromatic heterocycles. The minimum atomic E-state index is -4.49. The topological polar surface area (TPSA) is 57.3 Å². The van der Waals surface area contributed by atoms with E-state index in [1.807, 2.05) is 49.3 Å². The quantitative estimate of drug-likeness (QED) is 0.371. The number of nitrogens with zero attached hydrogens (tertiary/aromatic N) is 2. The van der Waals surface area contributed by atoms with Crippen LogP contribution < -0.4 is 15.5 Å². The molecule has 5 rings (SSSR count). The first kappa shape index (κ1) is 24.7. The third-order valence-electron chi connectivity index (χ3n) is 5.99. The van der Waals surface area contributed by atoms with Crippen LogP contribution in [0.2, 0.25) is 0 Å². The molecule has 2 aromatic carbocycles. The predicted molar refractivity (Wildman–Crippen MR) is 142 cm³/mol. The highest BCUT2D eigenvalue weighted by molar-refractivity contribution is 8.03. The molecule has 37 heavy (non-hydrogen) atoms. The third-order valence-corrected chi connectivity index (χ3v) is 6.96. The second-order valence-electron chi connectivity index (χ2n) is 8.72. The van der Waals surface area contributed by atoms with Crippen molar-refractivity contribution in [1.82, 2.24) is 4.98 Å². The molecule has 0 aliphatic carbocycles. The number of alkyl halides is 3.